The standard InChI is InChI=1S/2Ca.FH.Mg.H2O4S.2H2O.Sr.8H/c;;;;1-5(2,3)4;;;;;;;;;;;/h;;1H;;(H2,1,2,3,4);2*1H2;;;;;;;;;/q2*+2;;+2;;;;+2;8*-1. The Morgan fingerprint density at radius 3 is 1.00 bits per heavy atom. The average Bonchev–Trinajstić information content (AvgIpc) is 0.722. The second-order valence-corrected chi connectivity index (χ2v) is 1.34. The van der Waals surface area contributed by atoms with E-state index in [1.165, 1.54) is 0 Å². The molecule has 12 heteroatoms. The maximum atomic E-state index is 8.74. The van der Waals surface area contributed by atoms with E-state index in [1.807, 2.05) is 0 Å². The van der Waals surface area contributed by atoms with Crippen LogP contribution in [-0.4, -0.2) is 172 Å². The van der Waals surface area contributed by atoms with Crippen LogP contribution in [0.3, 0.4) is 0 Å². The van der Waals surface area contributed by atoms with Crippen LogP contribution in [-0.2, 0) is 10.4 Å². The van der Waals surface area contributed by atoms with E-state index in [-0.39, 0.29) is 171 Å². The quantitative estimate of drug-likeness (QED) is 0.359. The van der Waals surface area contributed by atoms with Crippen molar-refractivity contribution in [3.8, 4) is 0 Å². The minimum Gasteiger partial charge on any atom is -1.00 e. The van der Waals surface area contributed by atoms with E-state index in [4.69, 9.17) is 17.5 Å². The summed E-state index contributed by atoms with van der Waals surface area (Å²) in [4.78, 5) is 0. The summed E-state index contributed by atoms with van der Waals surface area (Å²) in [6, 6.07) is 0. The third-order valence-corrected chi connectivity index (χ3v) is 0. The van der Waals surface area contributed by atoms with Crippen molar-refractivity contribution in [3.05, 3.63) is 0 Å². The van der Waals surface area contributed by atoms with Gasteiger partial charge in [0.1, 0.15) is 0 Å². The van der Waals surface area contributed by atoms with Crippen molar-refractivity contribution in [1.29, 1.82) is 0 Å². The van der Waals surface area contributed by atoms with E-state index < -0.39 is 10.4 Å². The maximum absolute atomic E-state index is 8.74. The van der Waals surface area contributed by atoms with E-state index in [0.29, 0.717) is 0 Å². The molecule has 0 saturated heterocycles. The van der Waals surface area contributed by atoms with Crippen LogP contribution in [0.5, 0.6) is 0 Å². The van der Waals surface area contributed by atoms with E-state index >= 15 is 0 Å². The van der Waals surface area contributed by atoms with Crippen molar-refractivity contribution in [2.75, 3.05) is 0 Å². The molecule has 0 radical (unpaired) electrons. The van der Waals surface area contributed by atoms with Gasteiger partial charge in [0.05, 0.1) is 0 Å². The Hall–Kier alpha value is 4.49. The Kier molecular flexibility index (Phi) is 135. The van der Waals surface area contributed by atoms with Gasteiger partial charge in [0.2, 0.25) is 0 Å². The Morgan fingerprint density at radius 1 is 1.00 bits per heavy atom. The molecule has 0 saturated carbocycles. The van der Waals surface area contributed by atoms with Crippen LogP contribution in [0.1, 0.15) is 11.4 Å². The summed E-state index contributed by atoms with van der Waals surface area (Å²) in [5.74, 6) is 0. The van der Waals surface area contributed by atoms with Gasteiger partial charge in [-0.3, -0.25) is 13.8 Å². The zero-order valence-electron chi connectivity index (χ0n) is 14.4. The third-order valence-electron chi connectivity index (χ3n) is 0. The molecule has 12 heavy (non-hydrogen) atoms. The van der Waals surface area contributed by atoms with Crippen molar-refractivity contribution >= 4 is 154 Å². The van der Waals surface area contributed by atoms with Crippen LogP contribution in [0.15, 0.2) is 0 Å². The summed E-state index contributed by atoms with van der Waals surface area (Å²) < 4.78 is 31.6. The van der Waals surface area contributed by atoms with Crippen molar-refractivity contribution in [2.45, 2.75) is 0 Å². The SMILES string of the molecule is F.O.O.O=S(=O)(O)O.[Ca+2].[Ca+2].[H-].[H-].[H-].[H-].[H-].[H-].[H-].[H-].[Mg+2].[Sr+2]. The van der Waals surface area contributed by atoms with E-state index in [1.54, 1.807) is 0 Å². The fraction of sp³-hybridized carbons (Fsp3) is 0. The van der Waals surface area contributed by atoms with E-state index in [0.717, 1.165) is 0 Å². The smallest absolute Gasteiger partial charge is 1.00 e. The molecule has 0 rings (SSSR count). The summed E-state index contributed by atoms with van der Waals surface area (Å²) in [6.45, 7) is 0. The van der Waals surface area contributed by atoms with Gasteiger partial charge >= 0.3 is 154 Å². The molecule has 6 N–H and O–H groups in total. The van der Waals surface area contributed by atoms with Crippen molar-refractivity contribution in [2.24, 2.45) is 0 Å². The monoisotopic (exact) mass is 354 g/mol. The largest absolute Gasteiger partial charge is 2.00 e. The molecule has 0 aliphatic rings. The normalized spacial score (nSPS) is 4.83. The van der Waals surface area contributed by atoms with Crippen LogP contribution >= 0.6 is 0 Å². The zero-order chi connectivity index (χ0) is 4.50. The topological polar surface area (TPSA) is 138 Å². The van der Waals surface area contributed by atoms with Gasteiger partial charge in [-0.1, -0.05) is 0 Å². The minimum atomic E-state index is -4.67. The van der Waals surface area contributed by atoms with Gasteiger partial charge in [-0.2, -0.15) is 8.42 Å². The first-order valence-corrected chi connectivity index (χ1v) is 2.10. The molecule has 0 atom stereocenters. The van der Waals surface area contributed by atoms with E-state index in [2.05, 4.69) is 0 Å². The summed E-state index contributed by atoms with van der Waals surface area (Å²) in [5.41, 5.74) is 0. The molecule has 72 valence electrons. The molecular formula is H15Ca2FMgO6SSr. The first kappa shape index (κ1) is 54.9. The van der Waals surface area contributed by atoms with Gasteiger partial charge in [-0.15, -0.1) is 0 Å². The fourth-order valence-corrected chi connectivity index (χ4v) is 0. The molecule has 0 fully saturated rings. The number of halogens is 1. The predicted octanol–water partition coefficient (Wildman–Crippen LogP) is -2.77. The van der Waals surface area contributed by atoms with Crippen molar-refractivity contribution < 1.29 is 44.6 Å². The van der Waals surface area contributed by atoms with Gasteiger partial charge in [-0.05, 0) is 0 Å². The molecule has 0 unspecified atom stereocenters. The molecule has 0 amide bonds. The summed E-state index contributed by atoms with van der Waals surface area (Å²) in [6.07, 6.45) is 0. The van der Waals surface area contributed by atoms with Crippen LogP contribution in [0, 0.1) is 0 Å². The molecule has 0 aliphatic heterocycles. The molecule has 0 aromatic carbocycles. The Bertz CT molecular complexity index is 128. The molecule has 0 heterocycles. The maximum Gasteiger partial charge on any atom is 2.00 e. The van der Waals surface area contributed by atoms with Gasteiger partial charge in [0.15, 0.2) is 0 Å². The Balaban J connectivity index is -0.000000000762. The van der Waals surface area contributed by atoms with Gasteiger partial charge in [-0.25, -0.2) is 0 Å². The first-order chi connectivity index (χ1) is 2.00. The molecule has 0 spiro atoms. The molecular weight excluding hydrogens is 339 g/mol. The van der Waals surface area contributed by atoms with E-state index in [9.17, 15) is 0 Å². The van der Waals surface area contributed by atoms with Crippen LogP contribution in [0.4, 0.5) is 4.70 Å². The van der Waals surface area contributed by atoms with Crippen LogP contribution < -0.4 is 0 Å². The fourth-order valence-electron chi connectivity index (χ4n) is 0. The second-order valence-electron chi connectivity index (χ2n) is 0.448. The molecule has 0 aromatic heterocycles. The number of hydrogen-bond donors (Lipinski definition) is 2. The molecule has 0 bridgehead atoms. The van der Waals surface area contributed by atoms with Crippen molar-refractivity contribution in [3.63, 3.8) is 0 Å². The van der Waals surface area contributed by atoms with Gasteiger partial charge in [0, 0.05) is 0 Å². The average molecular weight is 354 g/mol. The zero-order valence-corrected chi connectivity index (χ0v) is 16.5. The third kappa shape index (κ3) is 131. The second kappa shape index (κ2) is 29.6. The number of rotatable bonds is 0. The van der Waals surface area contributed by atoms with Gasteiger partial charge in [0.25, 0.3) is 0 Å². The van der Waals surface area contributed by atoms with Crippen molar-refractivity contribution in [1.82, 2.24) is 0 Å². The molecule has 0 aliphatic carbocycles. The summed E-state index contributed by atoms with van der Waals surface area (Å²) in [7, 11) is -4.67. The molecule has 6 nitrogen and oxygen atoms in total. The number of hydrogen-bond acceptors (Lipinski definition) is 2. The minimum absolute atomic E-state index is 0. The Morgan fingerprint density at radius 2 is 1.00 bits per heavy atom. The van der Waals surface area contributed by atoms with Crippen LogP contribution in [0.2, 0.25) is 0 Å². The van der Waals surface area contributed by atoms with Gasteiger partial charge < -0.3 is 22.4 Å². The summed E-state index contributed by atoms with van der Waals surface area (Å²) in [5, 5.41) is 0. The predicted molar refractivity (Wildman–Crippen MR) is 55.8 cm³/mol. The Labute approximate surface area is 194 Å². The first-order valence-electron chi connectivity index (χ1n) is 0.698. The van der Waals surface area contributed by atoms with Crippen LogP contribution in [0.25, 0.3) is 0 Å². The molecule has 0 aromatic rings. The summed E-state index contributed by atoms with van der Waals surface area (Å²) >= 11 is 0.